The van der Waals surface area contributed by atoms with E-state index in [-0.39, 0.29) is 28.2 Å². The summed E-state index contributed by atoms with van der Waals surface area (Å²) in [5, 5.41) is 0. The molecule has 2 aliphatic heterocycles. The highest BCUT2D eigenvalue weighted by atomic mass is 16.5. The smallest absolute Gasteiger partial charge is 0.217 e. The Morgan fingerprint density at radius 2 is 1.22 bits per heavy atom. The Balaban J connectivity index is 1.22. The second-order valence-corrected chi connectivity index (χ2v) is 22.0. The SMILES string of the molecule is Cc1cc(C)c(-c2cc(Oc3cc4c(cc3C)C(C)(C)c3cc(C)ccc3N4c3cc(C(C)(C)C)ccn3)cc(C3=N[C@H](C(c4ccccc4)c4ccccc4)[C@@](C)(C(C)(C)C)O3)c2)c(C)c1. The van der Waals surface area contributed by atoms with Gasteiger partial charge in [-0.15, -0.1) is 0 Å². The molecule has 0 unspecified atom stereocenters. The summed E-state index contributed by atoms with van der Waals surface area (Å²) in [6.07, 6.45) is 1.95. The third-order valence-corrected chi connectivity index (χ3v) is 14.7. The molecule has 342 valence electrons. The predicted molar refractivity (Wildman–Crippen MR) is 279 cm³/mol. The number of aryl methyl sites for hydroxylation is 5. The number of hydrogen-bond acceptors (Lipinski definition) is 5. The highest BCUT2D eigenvalue weighted by molar-refractivity contribution is 5.98. The van der Waals surface area contributed by atoms with Crippen molar-refractivity contribution in [2.45, 2.75) is 125 Å². The van der Waals surface area contributed by atoms with Crippen LogP contribution in [0, 0.1) is 40.0 Å². The number of pyridine rings is 1. The zero-order valence-corrected chi connectivity index (χ0v) is 42.1. The first-order valence-corrected chi connectivity index (χ1v) is 24.0. The fourth-order valence-corrected chi connectivity index (χ4v) is 10.6. The van der Waals surface area contributed by atoms with Gasteiger partial charge >= 0.3 is 0 Å². The number of hydrogen-bond donors (Lipinski definition) is 0. The first-order chi connectivity index (χ1) is 31.6. The molecule has 1 aromatic heterocycles. The van der Waals surface area contributed by atoms with Crippen LogP contribution in [0.2, 0.25) is 0 Å². The average Bonchev–Trinajstić information content (AvgIpc) is 3.63. The van der Waals surface area contributed by atoms with Crippen LogP contribution in [0.15, 0.2) is 145 Å². The number of rotatable bonds is 8. The van der Waals surface area contributed by atoms with Crippen LogP contribution in [-0.2, 0) is 15.6 Å². The van der Waals surface area contributed by atoms with Crippen molar-refractivity contribution in [3.8, 4) is 22.6 Å². The first-order valence-electron chi connectivity index (χ1n) is 24.0. The second kappa shape index (κ2) is 16.7. The van der Waals surface area contributed by atoms with Gasteiger partial charge in [0, 0.05) is 34.6 Å². The zero-order valence-electron chi connectivity index (χ0n) is 42.1. The van der Waals surface area contributed by atoms with Gasteiger partial charge in [0.1, 0.15) is 29.0 Å². The summed E-state index contributed by atoms with van der Waals surface area (Å²) in [6.45, 7) is 31.4. The summed E-state index contributed by atoms with van der Waals surface area (Å²) >= 11 is 0. The number of fused-ring (bicyclic) bond motifs is 2. The number of ether oxygens (including phenoxy) is 2. The molecule has 0 aliphatic carbocycles. The second-order valence-electron chi connectivity index (χ2n) is 22.0. The number of benzene rings is 6. The van der Waals surface area contributed by atoms with Crippen LogP contribution >= 0.6 is 0 Å². The Kier molecular flexibility index (Phi) is 11.4. The zero-order chi connectivity index (χ0) is 47.8. The molecular weight excluding hydrogens is 819 g/mol. The van der Waals surface area contributed by atoms with E-state index in [1.807, 2.05) is 6.20 Å². The molecule has 6 aromatic carbocycles. The van der Waals surface area contributed by atoms with E-state index in [1.54, 1.807) is 0 Å². The molecule has 5 heteroatoms. The molecular formula is C62H67N3O2. The lowest BCUT2D eigenvalue weighted by atomic mass is 9.67. The topological polar surface area (TPSA) is 47.0 Å². The molecule has 7 aromatic rings. The van der Waals surface area contributed by atoms with Gasteiger partial charge < -0.3 is 9.47 Å². The Bertz CT molecular complexity index is 2980. The molecule has 3 heterocycles. The Morgan fingerprint density at radius 3 is 1.84 bits per heavy atom. The van der Waals surface area contributed by atoms with Gasteiger partial charge in [-0.3, -0.25) is 4.90 Å². The molecule has 2 aliphatic rings. The first kappa shape index (κ1) is 45.7. The van der Waals surface area contributed by atoms with Gasteiger partial charge in [0.15, 0.2) is 0 Å². The number of aromatic nitrogens is 1. The van der Waals surface area contributed by atoms with Crippen molar-refractivity contribution in [2.24, 2.45) is 10.4 Å². The van der Waals surface area contributed by atoms with Crippen molar-refractivity contribution in [1.82, 2.24) is 4.98 Å². The molecule has 67 heavy (non-hydrogen) atoms. The molecule has 0 saturated carbocycles. The van der Waals surface area contributed by atoms with Crippen molar-refractivity contribution in [3.05, 3.63) is 201 Å². The average molecular weight is 886 g/mol. The van der Waals surface area contributed by atoms with Gasteiger partial charge in [-0.1, -0.05) is 151 Å². The molecule has 0 bridgehead atoms. The monoisotopic (exact) mass is 886 g/mol. The summed E-state index contributed by atoms with van der Waals surface area (Å²) in [5.41, 5.74) is 16.2. The Hall–Kier alpha value is -6.46. The standard InChI is InChI=1S/C62H67N3O2/c1-38-25-26-51-49(31-38)61(12,13)50-32-40(3)53(37-52(50)65(51)54-36-47(27-28-63-54)59(6,7)8)66-48-34-45(55-41(4)29-39(2)30-42(55)5)33-46(35-48)58-64-57(62(14,67-58)60(9,10)11)56(43-21-17-15-18-22-43)44-23-19-16-20-24-44/h15-37,56-57H,1-14H3/t57-,62+/m1/s1. The van der Waals surface area contributed by atoms with E-state index in [1.165, 1.54) is 55.6 Å². The normalized spacial score (nSPS) is 17.7. The minimum absolute atomic E-state index is 0.0393. The molecule has 0 saturated heterocycles. The van der Waals surface area contributed by atoms with Crippen molar-refractivity contribution in [2.75, 3.05) is 4.90 Å². The summed E-state index contributed by atoms with van der Waals surface area (Å²) < 4.78 is 14.6. The maximum Gasteiger partial charge on any atom is 0.217 e. The lowest BCUT2D eigenvalue weighted by Crippen LogP contribution is -2.51. The largest absolute Gasteiger partial charge is 0.468 e. The minimum Gasteiger partial charge on any atom is -0.468 e. The van der Waals surface area contributed by atoms with E-state index in [0.717, 1.165) is 45.4 Å². The molecule has 9 rings (SSSR count). The van der Waals surface area contributed by atoms with E-state index < -0.39 is 5.60 Å². The summed E-state index contributed by atoms with van der Waals surface area (Å²) in [7, 11) is 0. The molecule has 0 spiro atoms. The summed E-state index contributed by atoms with van der Waals surface area (Å²) in [5.74, 6) is 2.97. The molecule has 0 amide bonds. The van der Waals surface area contributed by atoms with Crippen molar-refractivity contribution >= 4 is 23.1 Å². The highest BCUT2D eigenvalue weighted by Crippen LogP contribution is 2.54. The number of nitrogens with zero attached hydrogens (tertiary/aromatic N) is 3. The fourth-order valence-electron chi connectivity index (χ4n) is 10.6. The van der Waals surface area contributed by atoms with Crippen molar-refractivity contribution in [3.63, 3.8) is 0 Å². The van der Waals surface area contributed by atoms with E-state index in [0.29, 0.717) is 5.90 Å². The quantitative estimate of drug-likeness (QED) is 0.153. The highest BCUT2D eigenvalue weighted by Gasteiger charge is 2.54. The van der Waals surface area contributed by atoms with Gasteiger partial charge in [-0.25, -0.2) is 9.98 Å². The van der Waals surface area contributed by atoms with Gasteiger partial charge in [0.25, 0.3) is 0 Å². The van der Waals surface area contributed by atoms with Crippen LogP contribution < -0.4 is 9.64 Å². The van der Waals surface area contributed by atoms with E-state index >= 15 is 0 Å². The molecule has 2 atom stereocenters. The predicted octanol–water partition coefficient (Wildman–Crippen LogP) is 16.3. The molecule has 5 nitrogen and oxygen atoms in total. The third-order valence-electron chi connectivity index (χ3n) is 14.7. The molecule has 0 radical (unpaired) electrons. The van der Waals surface area contributed by atoms with Crippen LogP contribution in [0.4, 0.5) is 17.2 Å². The lowest BCUT2D eigenvalue weighted by molar-refractivity contribution is -0.0310. The van der Waals surface area contributed by atoms with Crippen LogP contribution in [-0.4, -0.2) is 22.5 Å². The maximum atomic E-state index is 7.35. The fraction of sp³-hybridized carbons (Fsp3) is 0.323. The van der Waals surface area contributed by atoms with Gasteiger partial charge in [-0.2, -0.15) is 0 Å². The number of aliphatic imine (C=N–C) groups is 1. The Labute approximate surface area is 400 Å². The van der Waals surface area contributed by atoms with Crippen molar-refractivity contribution in [1.29, 1.82) is 0 Å². The van der Waals surface area contributed by atoms with Crippen LogP contribution in [0.25, 0.3) is 11.1 Å². The molecule has 0 N–H and O–H groups in total. The third kappa shape index (κ3) is 8.25. The van der Waals surface area contributed by atoms with E-state index in [4.69, 9.17) is 19.5 Å². The summed E-state index contributed by atoms with van der Waals surface area (Å²) in [4.78, 5) is 13.1. The van der Waals surface area contributed by atoms with Crippen LogP contribution in [0.5, 0.6) is 11.5 Å². The van der Waals surface area contributed by atoms with Crippen molar-refractivity contribution < 1.29 is 9.47 Å². The van der Waals surface area contributed by atoms with Gasteiger partial charge in [0.2, 0.25) is 5.90 Å². The summed E-state index contributed by atoms with van der Waals surface area (Å²) in [6, 6.07) is 48.2. The molecule has 0 fully saturated rings. The van der Waals surface area contributed by atoms with Crippen LogP contribution in [0.3, 0.4) is 0 Å². The lowest BCUT2D eigenvalue weighted by Gasteiger charge is -2.44. The minimum atomic E-state index is -0.663. The van der Waals surface area contributed by atoms with Gasteiger partial charge in [0.05, 0.1) is 11.4 Å². The Morgan fingerprint density at radius 1 is 0.612 bits per heavy atom. The maximum absolute atomic E-state index is 7.35. The number of anilines is 3. The van der Waals surface area contributed by atoms with E-state index in [2.05, 4.69) is 235 Å². The van der Waals surface area contributed by atoms with Gasteiger partial charge in [-0.05, 0) is 145 Å². The van der Waals surface area contributed by atoms with Crippen LogP contribution in [0.1, 0.15) is 129 Å². The van der Waals surface area contributed by atoms with E-state index in [9.17, 15) is 0 Å².